The van der Waals surface area contributed by atoms with Crippen LogP contribution in [0.3, 0.4) is 0 Å². The van der Waals surface area contributed by atoms with Crippen molar-refractivity contribution in [1.29, 1.82) is 0 Å². The largest absolute Gasteiger partial charge is 0.323 e. The third kappa shape index (κ3) is 2.63. The van der Waals surface area contributed by atoms with Gasteiger partial charge in [0.1, 0.15) is 5.82 Å². The number of benzene rings is 1. The number of hydrogen-bond donors (Lipinski definition) is 1. The Morgan fingerprint density at radius 3 is 2.50 bits per heavy atom. The van der Waals surface area contributed by atoms with Gasteiger partial charge in [-0.15, -0.1) is 0 Å². The van der Waals surface area contributed by atoms with Crippen molar-refractivity contribution in [3.8, 4) is 0 Å². The summed E-state index contributed by atoms with van der Waals surface area (Å²) in [5, 5.41) is 3.61. The SMILES string of the molecule is Fc1cc(Cl)c(Nc2nccn2C2CCCC2)c(Cl)c1. The Balaban J connectivity index is 1.90. The molecular formula is C14H14Cl2FN3. The summed E-state index contributed by atoms with van der Waals surface area (Å²) in [6, 6.07) is 2.93. The van der Waals surface area contributed by atoms with Gasteiger partial charge < -0.3 is 9.88 Å². The molecule has 0 bridgehead atoms. The Labute approximate surface area is 126 Å². The molecule has 1 N–H and O–H groups in total. The summed E-state index contributed by atoms with van der Waals surface area (Å²) < 4.78 is 15.3. The standard InChI is InChI=1S/C14H14Cl2FN3/c15-11-7-9(17)8-12(16)13(11)19-14-18-5-6-20(14)10-3-1-2-4-10/h5-8,10H,1-4H2,(H,18,19). The summed E-state index contributed by atoms with van der Waals surface area (Å²) in [6.07, 6.45) is 8.46. The first-order valence-corrected chi connectivity index (χ1v) is 7.35. The molecule has 1 aliphatic rings. The van der Waals surface area contributed by atoms with E-state index < -0.39 is 5.82 Å². The maximum absolute atomic E-state index is 13.2. The first-order chi connectivity index (χ1) is 9.65. The van der Waals surface area contributed by atoms with Gasteiger partial charge in [0.2, 0.25) is 5.95 Å². The van der Waals surface area contributed by atoms with Crippen molar-refractivity contribution < 1.29 is 4.39 Å². The lowest BCUT2D eigenvalue weighted by Crippen LogP contribution is -2.08. The molecule has 1 aromatic carbocycles. The van der Waals surface area contributed by atoms with Crippen LogP contribution in [0.4, 0.5) is 16.0 Å². The van der Waals surface area contributed by atoms with Crippen molar-refractivity contribution in [3.63, 3.8) is 0 Å². The lowest BCUT2D eigenvalue weighted by Gasteiger charge is -2.17. The van der Waals surface area contributed by atoms with Crippen LogP contribution in [0, 0.1) is 5.82 Å². The Bertz CT molecular complexity index is 598. The molecule has 0 aliphatic heterocycles. The third-order valence-corrected chi connectivity index (χ3v) is 4.23. The maximum atomic E-state index is 13.2. The topological polar surface area (TPSA) is 29.9 Å². The van der Waals surface area contributed by atoms with E-state index in [1.54, 1.807) is 6.20 Å². The summed E-state index contributed by atoms with van der Waals surface area (Å²) in [5.41, 5.74) is 0.486. The molecule has 3 nitrogen and oxygen atoms in total. The smallest absolute Gasteiger partial charge is 0.207 e. The highest BCUT2D eigenvalue weighted by Crippen LogP contribution is 2.36. The van der Waals surface area contributed by atoms with Gasteiger partial charge in [-0.2, -0.15) is 0 Å². The second-order valence-electron chi connectivity index (χ2n) is 4.97. The molecule has 0 unspecified atom stereocenters. The highest BCUT2D eigenvalue weighted by Gasteiger charge is 2.20. The monoisotopic (exact) mass is 313 g/mol. The fraction of sp³-hybridized carbons (Fsp3) is 0.357. The van der Waals surface area contributed by atoms with Crippen LogP contribution in [0.5, 0.6) is 0 Å². The predicted molar refractivity (Wildman–Crippen MR) is 79.4 cm³/mol. The van der Waals surface area contributed by atoms with Gasteiger partial charge in [0.05, 0.1) is 15.7 Å². The highest BCUT2D eigenvalue weighted by molar-refractivity contribution is 6.39. The van der Waals surface area contributed by atoms with E-state index in [9.17, 15) is 4.39 Å². The zero-order chi connectivity index (χ0) is 14.1. The van der Waals surface area contributed by atoms with E-state index >= 15 is 0 Å². The number of imidazole rings is 1. The molecule has 3 rings (SSSR count). The molecule has 0 amide bonds. The normalized spacial score (nSPS) is 15.8. The number of halogens is 3. The minimum Gasteiger partial charge on any atom is -0.323 e. The first kappa shape index (κ1) is 13.7. The van der Waals surface area contributed by atoms with Crippen molar-refractivity contribution in [3.05, 3.63) is 40.4 Å². The number of aromatic nitrogens is 2. The molecule has 1 aliphatic carbocycles. The van der Waals surface area contributed by atoms with E-state index in [-0.39, 0.29) is 10.0 Å². The second kappa shape index (κ2) is 5.62. The first-order valence-electron chi connectivity index (χ1n) is 6.59. The van der Waals surface area contributed by atoms with Gasteiger partial charge in [0, 0.05) is 18.4 Å². The van der Waals surface area contributed by atoms with E-state index in [1.807, 2.05) is 6.20 Å². The van der Waals surface area contributed by atoms with Gasteiger partial charge in [-0.3, -0.25) is 0 Å². The van der Waals surface area contributed by atoms with Crippen molar-refractivity contribution >= 4 is 34.8 Å². The Morgan fingerprint density at radius 2 is 1.85 bits per heavy atom. The lowest BCUT2D eigenvalue weighted by molar-refractivity contribution is 0.525. The fourth-order valence-corrected chi connectivity index (χ4v) is 3.22. The van der Waals surface area contributed by atoms with Gasteiger partial charge in [0.15, 0.2) is 0 Å². The maximum Gasteiger partial charge on any atom is 0.207 e. The van der Waals surface area contributed by atoms with Gasteiger partial charge in [0.25, 0.3) is 0 Å². The summed E-state index contributed by atoms with van der Waals surface area (Å²) in [7, 11) is 0. The van der Waals surface area contributed by atoms with Gasteiger partial charge >= 0.3 is 0 Å². The molecule has 1 fully saturated rings. The molecule has 20 heavy (non-hydrogen) atoms. The van der Waals surface area contributed by atoms with Crippen LogP contribution in [-0.4, -0.2) is 9.55 Å². The van der Waals surface area contributed by atoms with Crippen LogP contribution in [0.25, 0.3) is 0 Å². The van der Waals surface area contributed by atoms with E-state index in [1.165, 1.54) is 25.0 Å². The molecule has 0 saturated heterocycles. The average Bonchev–Trinajstić information content (AvgIpc) is 3.04. The number of hydrogen-bond acceptors (Lipinski definition) is 2. The number of nitrogens with zero attached hydrogens (tertiary/aromatic N) is 2. The summed E-state index contributed by atoms with van der Waals surface area (Å²) in [6.45, 7) is 0. The Kier molecular flexibility index (Phi) is 3.85. The van der Waals surface area contributed by atoms with E-state index in [0.29, 0.717) is 17.7 Å². The molecule has 6 heteroatoms. The zero-order valence-electron chi connectivity index (χ0n) is 10.7. The van der Waals surface area contributed by atoms with Gasteiger partial charge in [-0.25, -0.2) is 9.37 Å². The van der Waals surface area contributed by atoms with Crippen LogP contribution >= 0.6 is 23.2 Å². The van der Waals surface area contributed by atoms with Crippen molar-refractivity contribution in [2.24, 2.45) is 0 Å². The van der Waals surface area contributed by atoms with Crippen LogP contribution in [0.1, 0.15) is 31.7 Å². The summed E-state index contributed by atoms with van der Waals surface area (Å²) in [5.74, 6) is 0.233. The molecule has 1 saturated carbocycles. The summed E-state index contributed by atoms with van der Waals surface area (Å²) >= 11 is 12.1. The average molecular weight is 314 g/mol. The van der Waals surface area contributed by atoms with Crippen LogP contribution in [0.15, 0.2) is 24.5 Å². The summed E-state index contributed by atoms with van der Waals surface area (Å²) in [4.78, 5) is 4.30. The van der Waals surface area contributed by atoms with E-state index in [2.05, 4.69) is 14.9 Å². The van der Waals surface area contributed by atoms with Crippen LogP contribution in [-0.2, 0) is 0 Å². The van der Waals surface area contributed by atoms with Crippen molar-refractivity contribution in [2.45, 2.75) is 31.7 Å². The third-order valence-electron chi connectivity index (χ3n) is 3.63. The molecule has 2 aromatic rings. The van der Waals surface area contributed by atoms with E-state index in [0.717, 1.165) is 12.8 Å². The minimum atomic E-state index is -0.454. The molecular weight excluding hydrogens is 300 g/mol. The fourth-order valence-electron chi connectivity index (χ4n) is 2.66. The molecule has 0 spiro atoms. The van der Waals surface area contributed by atoms with E-state index in [4.69, 9.17) is 23.2 Å². The zero-order valence-corrected chi connectivity index (χ0v) is 12.3. The molecule has 1 aromatic heterocycles. The number of nitrogens with one attached hydrogen (secondary N) is 1. The molecule has 1 heterocycles. The second-order valence-corrected chi connectivity index (χ2v) is 5.78. The quantitative estimate of drug-likeness (QED) is 0.845. The minimum absolute atomic E-state index is 0.246. The molecule has 106 valence electrons. The van der Waals surface area contributed by atoms with Crippen LogP contribution in [0.2, 0.25) is 10.0 Å². The van der Waals surface area contributed by atoms with Gasteiger partial charge in [-0.1, -0.05) is 36.0 Å². The van der Waals surface area contributed by atoms with Crippen LogP contribution < -0.4 is 5.32 Å². The van der Waals surface area contributed by atoms with Gasteiger partial charge in [-0.05, 0) is 25.0 Å². The molecule has 0 atom stereocenters. The predicted octanol–water partition coefficient (Wildman–Crippen LogP) is 5.19. The lowest BCUT2D eigenvalue weighted by atomic mass is 10.2. The highest BCUT2D eigenvalue weighted by atomic mass is 35.5. The Morgan fingerprint density at radius 1 is 1.20 bits per heavy atom. The molecule has 0 radical (unpaired) electrons. The van der Waals surface area contributed by atoms with Crippen molar-refractivity contribution in [2.75, 3.05) is 5.32 Å². The Hall–Kier alpha value is -1.26. The van der Waals surface area contributed by atoms with Crippen molar-refractivity contribution in [1.82, 2.24) is 9.55 Å². The number of rotatable bonds is 3. The number of anilines is 2.